The van der Waals surface area contributed by atoms with Crippen molar-refractivity contribution in [2.45, 2.75) is 26.0 Å². The molecule has 0 aromatic heterocycles. The Kier molecular flexibility index (Phi) is 12.7. The smallest absolute Gasteiger partial charge is 0.239 e. The summed E-state index contributed by atoms with van der Waals surface area (Å²) in [5.41, 5.74) is 2.25. The van der Waals surface area contributed by atoms with Crippen molar-refractivity contribution in [2.75, 3.05) is 26.7 Å². The van der Waals surface area contributed by atoms with Crippen LogP contribution in [-0.4, -0.2) is 38.6 Å². The molecule has 1 atom stereocenters. The van der Waals surface area contributed by atoms with E-state index in [4.69, 9.17) is 4.74 Å². The highest BCUT2D eigenvalue weighted by molar-refractivity contribution is 14.0. The van der Waals surface area contributed by atoms with Crippen LogP contribution < -0.4 is 16.0 Å². The molecule has 0 fully saturated rings. The molecule has 0 aliphatic rings. The number of amides is 1. The van der Waals surface area contributed by atoms with Gasteiger partial charge in [0.25, 0.3) is 0 Å². The zero-order valence-corrected chi connectivity index (χ0v) is 19.4. The molecule has 2 aromatic rings. The monoisotopic (exact) mass is 510 g/mol. The van der Waals surface area contributed by atoms with Gasteiger partial charge in [-0.25, -0.2) is 0 Å². The maximum absolute atomic E-state index is 11.9. The van der Waals surface area contributed by atoms with Gasteiger partial charge in [0.05, 0.1) is 12.6 Å². The normalized spacial score (nSPS) is 11.9. The van der Waals surface area contributed by atoms with Crippen LogP contribution in [0, 0.1) is 0 Å². The maximum Gasteiger partial charge on any atom is 0.239 e. The van der Waals surface area contributed by atoms with Crippen molar-refractivity contribution in [2.24, 2.45) is 4.99 Å². The number of guanidine groups is 1. The molecule has 6 nitrogen and oxygen atoms in total. The van der Waals surface area contributed by atoms with Crippen LogP contribution in [0.2, 0.25) is 0 Å². The average Bonchev–Trinajstić information content (AvgIpc) is 2.75. The van der Waals surface area contributed by atoms with Gasteiger partial charge in [-0.1, -0.05) is 60.7 Å². The van der Waals surface area contributed by atoms with Crippen molar-refractivity contribution in [3.05, 3.63) is 71.8 Å². The molecule has 7 heteroatoms. The van der Waals surface area contributed by atoms with Crippen LogP contribution in [0.4, 0.5) is 0 Å². The largest absolute Gasteiger partial charge is 0.374 e. The Balaban J connectivity index is 0.00000420. The van der Waals surface area contributed by atoms with Crippen LogP contribution >= 0.6 is 24.0 Å². The molecule has 158 valence electrons. The van der Waals surface area contributed by atoms with E-state index >= 15 is 0 Å². The Labute approximate surface area is 190 Å². The number of nitrogens with one attached hydrogen (secondary N) is 3. The van der Waals surface area contributed by atoms with Crippen LogP contribution in [-0.2, 0) is 16.1 Å². The summed E-state index contributed by atoms with van der Waals surface area (Å²) in [6.45, 7) is 4.11. The molecule has 0 bridgehead atoms. The lowest BCUT2D eigenvalue weighted by Crippen LogP contribution is -2.43. The van der Waals surface area contributed by atoms with E-state index in [-0.39, 0.29) is 42.5 Å². The topological polar surface area (TPSA) is 74.8 Å². The van der Waals surface area contributed by atoms with Crippen LogP contribution in [0.25, 0.3) is 0 Å². The lowest BCUT2D eigenvalue weighted by Gasteiger charge is -2.15. The van der Waals surface area contributed by atoms with Gasteiger partial charge in [-0.05, 0) is 24.5 Å². The standard InChI is InChI=1S/C22H30N4O2.HI/c1-18(20-12-7-4-8-13-20)28-15-9-14-24-22(23-2)26-17-21(27)25-16-19-10-5-3-6-11-19;/h3-8,10-13,18H,9,14-17H2,1-2H3,(H,25,27)(H2,23,24,26);1H. The number of carbonyl (C=O) groups excluding carboxylic acids is 1. The summed E-state index contributed by atoms with van der Waals surface area (Å²) in [5, 5.41) is 9.09. The van der Waals surface area contributed by atoms with E-state index in [9.17, 15) is 4.79 Å². The zero-order chi connectivity index (χ0) is 20.0. The Morgan fingerprint density at radius 2 is 1.66 bits per heavy atom. The minimum atomic E-state index is -0.0770. The van der Waals surface area contributed by atoms with Gasteiger partial charge in [0, 0.05) is 26.7 Å². The summed E-state index contributed by atoms with van der Waals surface area (Å²) in [4.78, 5) is 16.1. The molecule has 1 unspecified atom stereocenters. The van der Waals surface area contributed by atoms with Gasteiger partial charge in [-0.2, -0.15) is 0 Å². The number of benzene rings is 2. The molecule has 0 radical (unpaired) electrons. The molecule has 0 heterocycles. The third-order valence-electron chi connectivity index (χ3n) is 4.22. The lowest BCUT2D eigenvalue weighted by atomic mass is 10.1. The predicted octanol–water partition coefficient (Wildman–Crippen LogP) is 3.25. The number of carbonyl (C=O) groups is 1. The number of nitrogens with zero attached hydrogens (tertiary/aromatic N) is 1. The fraction of sp³-hybridized carbons (Fsp3) is 0.364. The molecule has 2 aromatic carbocycles. The minimum Gasteiger partial charge on any atom is -0.374 e. The van der Waals surface area contributed by atoms with E-state index in [2.05, 4.69) is 40.0 Å². The van der Waals surface area contributed by atoms with Crippen LogP contribution in [0.5, 0.6) is 0 Å². The molecule has 0 saturated carbocycles. The first-order valence-electron chi connectivity index (χ1n) is 9.60. The predicted molar refractivity (Wildman–Crippen MR) is 128 cm³/mol. The van der Waals surface area contributed by atoms with E-state index in [0.29, 0.717) is 25.7 Å². The summed E-state index contributed by atoms with van der Waals surface area (Å²) in [6, 6.07) is 20.0. The number of ether oxygens (including phenoxy) is 1. The number of halogens is 1. The van der Waals surface area contributed by atoms with Crippen LogP contribution in [0.1, 0.15) is 30.6 Å². The molecule has 1 amide bonds. The van der Waals surface area contributed by atoms with Crippen molar-refractivity contribution >= 4 is 35.8 Å². The molecule has 29 heavy (non-hydrogen) atoms. The van der Waals surface area contributed by atoms with Crippen LogP contribution in [0.3, 0.4) is 0 Å². The highest BCUT2D eigenvalue weighted by Gasteiger charge is 2.05. The van der Waals surface area contributed by atoms with E-state index in [0.717, 1.165) is 12.0 Å². The lowest BCUT2D eigenvalue weighted by molar-refractivity contribution is -0.120. The Morgan fingerprint density at radius 3 is 2.31 bits per heavy atom. The molecule has 0 saturated heterocycles. The van der Waals surface area contributed by atoms with Gasteiger partial charge in [0.2, 0.25) is 5.91 Å². The van der Waals surface area contributed by atoms with Gasteiger partial charge in [0.1, 0.15) is 0 Å². The average molecular weight is 510 g/mol. The highest BCUT2D eigenvalue weighted by atomic mass is 127. The van der Waals surface area contributed by atoms with E-state index in [1.54, 1.807) is 7.05 Å². The quantitative estimate of drug-likeness (QED) is 0.199. The molecule has 0 spiro atoms. The second-order valence-electron chi connectivity index (χ2n) is 6.39. The molecule has 0 aliphatic heterocycles. The summed E-state index contributed by atoms with van der Waals surface area (Å²) in [5.74, 6) is 0.526. The number of hydrogen-bond donors (Lipinski definition) is 3. The third-order valence-corrected chi connectivity index (χ3v) is 4.22. The first kappa shape index (κ1) is 24.9. The highest BCUT2D eigenvalue weighted by Crippen LogP contribution is 2.15. The first-order valence-corrected chi connectivity index (χ1v) is 9.60. The van der Waals surface area contributed by atoms with E-state index in [1.807, 2.05) is 48.5 Å². The molecular formula is C22H31IN4O2. The number of hydrogen-bond acceptors (Lipinski definition) is 3. The zero-order valence-electron chi connectivity index (χ0n) is 17.1. The number of aliphatic imine (C=N–C) groups is 1. The van der Waals surface area contributed by atoms with Crippen molar-refractivity contribution in [3.8, 4) is 0 Å². The van der Waals surface area contributed by atoms with Gasteiger partial charge < -0.3 is 20.7 Å². The third kappa shape index (κ3) is 10.3. The molecule has 2 rings (SSSR count). The van der Waals surface area contributed by atoms with Crippen molar-refractivity contribution < 1.29 is 9.53 Å². The van der Waals surface area contributed by atoms with Crippen molar-refractivity contribution in [1.29, 1.82) is 0 Å². The van der Waals surface area contributed by atoms with Gasteiger partial charge >= 0.3 is 0 Å². The van der Waals surface area contributed by atoms with Crippen molar-refractivity contribution in [3.63, 3.8) is 0 Å². The Bertz CT molecular complexity index is 726. The van der Waals surface area contributed by atoms with Gasteiger partial charge in [-0.3, -0.25) is 9.79 Å². The first-order chi connectivity index (χ1) is 13.7. The maximum atomic E-state index is 11.9. The second kappa shape index (κ2) is 14.8. The van der Waals surface area contributed by atoms with Gasteiger partial charge in [-0.15, -0.1) is 24.0 Å². The van der Waals surface area contributed by atoms with Crippen molar-refractivity contribution in [1.82, 2.24) is 16.0 Å². The Morgan fingerprint density at radius 1 is 1.00 bits per heavy atom. The summed E-state index contributed by atoms with van der Waals surface area (Å²) >= 11 is 0. The fourth-order valence-corrected chi connectivity index (χ4v) is 2.60. The Hall–Kier alpha value is -2.13. The van der Waals surface area contributed by atoms with E-state index < -0.39 is 0 Å². The number of rotatable bonds is 10. The molecule has 3 N–H and O–H groups in total. The van der Waals surface area contributed by atoms with E-state index in [1.165, 1.54) is 5.56 Å². The summed E-state index contributed by atoms with van der Waals surface area (Å²) < 4.78 is 5.85. The summed E-state index contributed by atoms with van der Waals surface area (Å²) in [6.07, 6.45) is 0.921. The minimum absolute atomic E-state index is 0. The molecular weight excluding hydrogens is 479 g/mol. The molecule has 0 aliphatic carbocycles. The van der Waals surface area contributed by atoms with Gasteiger partial charge in [0.15, 0.2) is 5.96 Å². The second-order valence-corrected chi connectivity index (χ2v) is 6.39. The SMILES string of the molecule is CN=C(NCCCOC(C)c1ccccc1)NCC(=O)NCc1ccccc1.I. The summed E-state index contributed by atoms with van der Waals surface area (Å²) in [7, 11) is 1.69. The fourth-order valence-electron chi connectivity index (χ4n) is 2.60. The van der Waals surface area contributed by atoms with Crippen LogP contribution in [0.15, 0.2) is 65.7 Å².